The monoisotopic (exact) mass is 341 g/mol. The Morgan fingerprint density at radius 3 is 2.00 bits per heavy atom. The molecule has 1 aliphatic rings. The van der Waals surface area contributed by atoms with Gasteiger partial charge >= 0.3 is 0 Å². The van der Waals surface area contributed by atoms with Crippen LogP contribution in [0, 0.1) is 0 Å². The molecule has 3 rings (SSSR count). The van der Waals surface area contributed by atoms with Gasteiger partial charge in [0.25, 0.3) is 11.8 Å². The van der Waals surface area contributed by atoms with Crippen molar-refractivity contribution in [2.75, 3.05) is 33.5 Å². The van der Waals surface area contributed by atoms with Gasteiger partial charge in [-0.3, -0.25) is 14.5 Å². The van der Waals surface area contributed by atoms with Gasteiger partial charge in [-0.05, 0) is 24.3 Å². The van der Waals surface area contributed by atoms with E-state index in [1.165, 1.54) is 4.90 Å². The molecule has 130 valence electrons. The van der Waals surface area contributed by atoms with Gasteiger partial charge in [-0.15, -0.1) is 0 Å². The number of amides is 2. The van der Waals surface area contributed by atoms with Crippen molar-refractivity contribution in [2.45, 2.75) is 0 Å². The first kappa shape index (κ1) is 17.0. The van der Waals surface area contributed by atoms with E-state index >= 15 is 0 Å². The van der Waals surface area contributed by atoms with Crippen LogP contribution in [0.5, 0.6) is 11.5 Å². The molecule has 2 aromatic carbocycles. The topological polar surface area (TPSA) is 65.1 Å². The summed E-state index contributed by atoms with van der Waals surface area (Å²) < 4.78 is 16.1. The first-order chi connectivity index (χ1) is 12.2. The van der Waals surface area contributed by atoms with Crippen LogP contribution in [0.2, 0.25) is 0 Å². The first-order valence-corrected chi connectivity index (χ1v) is 8.00. The fraction of sp³-hybridized carbons (Fsp3) is 0.263. The molecular weight excluding hydrogens is 322 g/mol. The SMILES string of the molecule is COCCOc1cccc(OCCN2C(=O)c3ccccc3C2=O)c1. The van der Waals surface area contributed by atoms with Crippen molar-refractivity contribution in [1.82, 2.24) is 4.90 Å². The van der Waals surface area contributed by atoms with Gasteiger partial charge < -0.3 is 14.2 Å². The highest BCUT2D eigenvalue weighted by Crippen LogP contribution is 2.23. The highest BCUT2D eigenvalue weighted by Gasteiger charge is 2.34. The van der Waals surface area contributed by atoms with Gasteiger partial charge in [-0.2, -0.15) is 0 Å². The van der Waals surface area contributed by atoms with Crippen molar-refractivity contribution >= 4 is 11.8 Å². The molecule has 0 aliphatic carbocycles. The van der Waals surface area contributed by atoms with Crippen LogP contribution in [-0.2, 0) is 4.74 Å². The summed E-state index contributed by atoms with van der Waals surface area (Å²) in [4.78, 5) is 25.7. The quantitative estimate of drug-likeness (QED) is 0.545. The maximum absolute atomic E-state index is 12.3. The average Bonchev–Trinajstić information content (AvgIpc) is 2.88. The van der Waals surface area contributed by atoms with E-state index in [0.29, 0.717) is 35.8 Å². The Kier molecular flexibility index (Phi) is 5.30. The number of imide groups is 1. The van der Waals surface area contributed by atoms with Crippen LogP contribution >= 0.6 is 0 Å². The zero-order chi connectivity index (χ0) is 17.6. The third-order valence-corrected chi connectivity index (χ3v) is 3.82. The largest absolute Gasteiger partial charge is 0.492 e. The van der Waals surface area contributed by atoms with Gasteiger partial charge in [-0.25, -0.2) is 0 Å². The maximum atomic E-state index is 12.3. The molecule has 0 fully saturated rings. The number of rotatable bonds is 8. The molecule has 2 aromatic rings. The van der Waals surface area contributed by atoms with Crippen LogP contribution in [0.15, 0.2) is 48.5 Å². The van der Waals surface area contributed by atoms with E-state index in [0.717, 1.165) is 0 Å². The predicted molar refractivity (Wildman–Crippen MR) is 91.1 cm³/mol. The molecule has 0 saturated carbocycles. The maximum Gasteiger partial charge on any atom is 0.261 e. The molecule has 0 aromatic heterocycles. The number of carbonyl (C=O) groups is 2. The van der Waals surface area contributed by atoms with Crippen LogP contribution in [0.25, 0.3) is 0 Å². The minimum absolute atomic E-state index is 0.196. The molecule has 6 heteroatoms. The zero-order valence-electron chi connectivity index (χ0n) is 13.9. The number of hydrogen-bond acceptors (Lipinski definition) is 5. The van der Waals surface area contributed by atoms with Gasteiger partial charge in [0, 0.05) is 13.2 Å². The van der Waals surface area contributed by atoms with Crippen LogP contribution in [0.1, 0.15) is 20.7 Å². The van der Waals surface area contributed by atoms with E-state index < -0.39 is 0 Å². The fourth-order valence-electron chi connectivity index (χ4n) is 2.59. The lowest BCUT2D eigenvalue weighted by Gasteiger charge is -2.15. The van der Waals surface area contributed by atoms with Crippen molar-refractivity contribution in [3.63, 3.8) is 0 Å². The van der Waals surface area contributed by atoms with Crippen molar-refractivity contribution < 1.29 is 23.8 Å². The molecule has 1 aliphatic heterocycles. The van der Waals surface area contributed by atoms with Crippen molar-refractivity contribution in [2.24, 2.45) is 0 Å². The summed E-state index contributed by atoms with van der Waals surface area (Å²) in [6.07, 6.45) is 0. The highest BCUT2D eigenvalue weighted by molar-refractivity contribution is 6.21. The molecule has 1 heterocycles. The minimum Gasteiger partial charge on any atom is -0.492 e. The normalized spacial score (nSPS) is 13.1. The minimum atomic E-state index is -0.277. The summed E-state index contributed by atoms with van der Waals surface area (Å²) in [5.74, 6) is 0.739. The molecule has 0 unspecified atom stereocenters. The summed E-state index contributed by atoms with van der Waals surface area (Å²) in [5, 5.41) is 0. The van der Waals surface area contributed by atoms with Crippen LogP contribution < -0.4 is 9.47 Å². The van der Waals surface area contributed by atoms with E-state index in [2.05, 4.69) is 0 Å². The summed E-state index contributed by atoms with van der Waals surface area (Å²) in [6.45, 7) is 1.37. The summed E-state index contributed by atoms with van der Waals surface area (Å²) >= 11 is 0. The van der Waals surface area contributed by atoms with Gasteiger partial charge in [0.1, 0.15) is 24.7 Å². The summed E-state index contributed by atoms with van der Waals surface area (Å²) in [6, 6.07) is 14.0. The lowest BCUT2D eigenvalue weighted by atomic mass is 10.1. The first-order valence-electron chi connectivity index (χ1n) is 8.00. The Morgan fingerprint density at radius 2 is 1.40 bits per heavy atom. The molecule has 0 N–H and O–H groups in total. The molecule has 6 nitrogen and oxygen atoms in total. The Balaban J connectivity index is 1.54. The Bertz CT molecular complexity index is 739. The van der Waals surface area contributed by atoms with Gasteiger partial charge in [0.05, 0.1) is 24.3 Å². The van der Waals surface area contributed by atoms with E-state index in [1.807, 2.05) is 12.1 Å². The lowest BCUT2D eigenvalue weighted by molar-refractivity contribution is 0.0631. The van der Waals surface area contributed by atoms with Crippen LogP contribution in [0.3, 0.4) is 0 Å². The molecule has 2 amide bonds. The molecule has 25 heavy (non-hydrogen) atoms. The summed E-state index contributed by atoms with van der Waals surface area (Å²) in [5.41, 5.74) is 0.891. The number of carbonyl (C=O) groups excluding carboxylic acids is 2. The summed E-state index contributed by atoms with van der Waals surface area (Å²) in [7, 11) is 1.61. The van der Waals surface area contributed by atoms with Crippen LogP contribution in [0.4, 0.5) is 0 Å². The van der Waals surface area contributed by atoms with Gasteiger partial charge in [0.2, 0.25) is 0 Å². The van der Waals surface area contributed by atoms with Crippen molar-refractivity contribution in [3.05, 3.63) is 59.7 Å². The van der Waals surface area contributed by atoms with Gasteiger partial charge in [0.15, 0.2) is 0 Å². The number of ether oxygens (including phenoxy) is 3. The predicted octanol–water partition coefficient (Wildman–Crippen LogP) is 2.39. The van der Waals surface area contributed by atoms with E-state index in [9.17, 15) is 9.59 Å². The third-order valence-electron chi connectivity index (χ3n) is 3.82. The second-order valence-corrected chi connectivity index (χ2v) is 5.47. The fourth-order valence-corrected chi connectivity index (χ4v) is 2.59. The molecule has 0 saturated heterocycles. The van der Waals surface area contributed by atoms with E-state index in [4.69, 9.17) is 14.2 Å². The Morgan fingerprint density at radius 1 is 0.800 bits per heavy atom. The van der Waals surface area contributed by atoms with E-state index in [-0.39, 0.29) is 25.0 Å². The Labute approximate surface area is 145 Å². The smallest absolute Gasteiger partial charge is 0.261 e. The molecule has 0 bridgehead atoms. The number of benzene rings is 2. The number of hydrogen-bond donors (Lipinski definition) is 0. The van der Waals surface area contributed by atoms with Crippen molar-refractivity contribution in [1.29, 1.82) is 0 Å². The molecule has 0 radical (unpaired) electrons. The zero-order valence-corrected chi connectivity index (χ0v) is 13.9. The molecule has 0 spiro atoms. The molecular formula is C19H19NO5. The van der Waals surface area contributed by atoms with Crippen molar-refractivity contribution in [3.8, 4) is 11.5 Å². The number of fused-ring (bicyclic) bond motifs is 1. The standard InChI is InChI=1S/C19H19NO5/c1-23-11-12-25-15-6-4-5-14(13-15)24-10-9-20-18(21)16-7-2-3-8-17(16)19(20)22/h2-8,13H,9-12H2,1H3. The van der Waals surface area contributed by atoms with Gasteiger partial charge in [-0.1, -0.05) is 18.2 Å². The third kappa shape index (κ3) is 3.80. The Hall–Kier alpha value is -2.86. The van der Waals surface area contributed by atoms with Crippen LogP contribution in [-0.4, -0.2) is 50.2 Å². The average molecular weight is 341 g/mol. The number of nitrogens with zero attached hydrogens (tertiary/aromatic N) is 1. The molecule has 0 atom stereocenters. The lowest BCUT2D eigenvalue weighted by Crippen LogP contribution is -2.33. The van der Waals surface area contributed by atoms with E-state index in [1.54, 1.807) is 43.5 Å². The second-order valence-electron chi connectivity index (χ2n) is 5.47. The highest BCUT2D eigenvalue weighted by atomic mass is 16.5. The number of methoxy groups -OCH3 is 1. The second kappa shape index (κ2) is 7.81.